The summed E-state index contributed by atoms with van der Waals surface area (Å²) in [5, 5.41) is 0.422. The minimum atomic E-state index is -4.33. The molecule has 0 radical (unpaired) electrons. The third-order valence-corrected chi connectivity index (χ3v) is 4.04. The van der Waals surface area contributed by atoms with Crippen LogP contribution in [0.5, 0.6) is 0 Å². The molecule has 0 saturated carbocycles. The summed E-state index contributed by atoms with van der Waals surface area (Å²) in [7, 11) is 1.73. The topological polar surface area (TPSA) is 3.24 Å². The summed E-state index contributed by atoms with van der Waals surface area (Å²) in [6.07, 6.45) is -2.68. The number of hydrogen-bond donors (Lipinski definition) is 0. The average Bonchev–Trinajstić information content (AvgIpc) is 2.38. The van der Waals surface area contributed by atoms with Crippen LogP contribution in [0, 0.1) is 0 Å². The van der Waals surface area contributed by atoms with E-state index in [4.69, 9.17) is 0 Å². The van der Waals surface area contributed by atoms with E-state index < -0.39 is 11.7 Å². The predicted molar refractivity (Wildman–Crippen MR) is 76.8 cm³/mol. The summed E-state index contributed by atoms with van der Waals surface area (Å²) in [6, 6.07) is 4.65. The van der Waals surface area contributed by atoms with Crippen LogP contribution in [0.2, 0.25) is 0 Å². The predicted octanol–water partition coefficient (Wildman–Crippen LogP) is 5.23. The summed E-state index contributed by atoms with van der Waals surface area (Å²) < 4.78 is 39.5. The zero-order valence-corrected chi connectivity index (χ0v) is 13.0. The molecule has 0 aliphatic heterocycles. The molecule has 0 N–H and O–H groups in total. The van der Waals surface area contributed by atoms with Gasteiger partial charge in [0.2, 0.25) is 0 Å². The highest BCUT2D eigenvalue weighted by atomic mass is 79.9. The van der Waals surface area contributed by atoms with Crippen molar-refractivity contribution in [1.29, 1.82) is 0 Å². The second-order valence-corrected chi connectivity index (χ2v) is 5.12. The zero-order chi connectivity index (χ0) is 14.6. The molecule has 5 heteroatoms. The number of nitrogens with zero attached hydrogens (tertiary/aromatic N) is 1. The molecule has 0 fully saturated rings. The molecule has 0 spiro atoms. The third kappa shape index (κ3) is 3.88. The zero-order valence-electron chi connectivity index (χ0n) is 11.4. The van der Waals surface area contributed by atoms with Crippen molar-refractivity contribution in [2.45, 2.75) is 44.2 Å². The summed E-state index contributed by atoms with van der Waals surface area (Å²) >= 11 is 3.20. The minimum Gasteiger partial charge on any atom is -0.371 e. The highest BCUT2D eigenvalue weighted by molar-refractivity contribution is 9.08. The first-order chi connectivity index (χ1) is 8.85. The highest BCUT2D eigenvalue weighted by Gasteiger charge is 2.35. The number of alkyl halides is 4. The fourth-order valence-electron chi connectivity index (χ4n) is 2.23. The lowest BCUT2D eigenvalue weighted by molar-refractivity contribution is -0.137. The van der Waals surface area contributed by atoms with Crippen molar-refractivity contribution in [3.8, 4) is 0 Å². The fourth-order valence-corrected chi connectivity index (χ4v) is 2.58. The number of anilines is 1. The maximum atomic E-state index is 13.2. The van der Waals surface area contributed by atoms with E-state index in [1.54, 1.807) is 24.1 Å². The number of benzene rings is 1. The maximum Gasteiger partial charge on any atom is 0.418 e. The Balaban J connectivity index is 3.26. The smallest absolute Gasteiger partial charge is 0.371 e. The van der Waals surface area contributed by atoms with Gasteiger partial charge in [0, 0.05) is 24.1 Å². The Hall–Kier alpha value is -0.710. The van der Waals surface area contributed by atoms with E-state index in [1.165, 1.54) is 6.07 Å². The summed E-state index contributed by atoms with van der Waals surface area (Å²) in [6.45, 7) is 3.98. The number of halogens is 4. The van der Waals surface area contributed by atoms with Crippen molar-refractivity contribution in [2.24, 2.45) is 0 Å². The molecule has 19 heavy (non-hydrogen) atoms. The first kappa shape index (κ1) is 16.3. The van der Waals surface area contributed by atoms with Gasteiger partial charge in [0.05, 0.1) is 5.56 Å². The Bertz CT molecular complexity index is 414. The van der Waals surface area contributed by atoms with Crippen LogP contribution in [0.15, 0.2) is 18.2 Å². The number of hydrogen-bond acceptors (Lipinski definition) is 1. The second kappa shape index (κ2) is 6.64. The molecule has 0 heterocycles. The molecule has 108 valence electrons. The van der Waals surface area contributed by atoms with E-state index in [0.717, 1.165) is 12.8 Å². The van der Waals surface area contributed by atoms with E-state index in [-0.39, 0.29) is 11.7 Å². The molecule has 0 aliphatic carbocycles. The van der Waals surface area contributed by atoms with E-state index in [9.17, 15) is 13.2 Å². The van der Waals surface area contributed by atoms with Gasteiger partial charge in [-0.1, -0.05) is 35.8 Å². The molecule has 1 rings (SSSR count). The molecule has 1 nitrogen and oxygen atoms in total. The Morgan fingerprint density at radius 1 is 1.21 bits per heavy atom. The van der Waals surface area contributed by atoms with Crippen LogP contribution < -0.4 is 4.90 Å². The SMILES string of the molecule is CCC(CC)N(C)c1ccc(CBr)cc1C(F)(F)F. The van der Waals surface area contributed by atoms with Crippen molar-refractivity contribution in [1.82, 2.24) is 0 Å². The van der Waals surface area contributed by atoms with Crippen LogP contribution in [-0.4, -0.2) is 13.1 Å². The van der Waals surface area contributed by atoms with Gasteiger partial charge in [-0.15, -0.1) is 0 Å². The summed E-state index contributed by atoms with van der Waals surface area (Å²) in [5.41, 5.74) is 0.332. The lowest BCUT2D eigenvalue weighted by Crippen LogP contribution is -2.32. The van der Waals surface area contributed by atoms with Gasteiger partial charge in [-0.3, -0.25) is 0 Å². The largest absolute Gasteiger partial charge is 0.418 e. The van der Waals surface area contributed by atoms with Crippen molar-refractivity contribution in [3.63, 3.8) is 0 Å². The van der Waals surface area contributed by atoms with Gasteiger partial charge >= 0.3 is 6.18 Å². The molecule has 0 atom stereocenters. The fraction of sp³-hybridized carbons (Fsp3) is 0.571. The Morgan fingerprint density at radius 2 is 1.79 bits per heavy atom. The van der Waals surface area contributed by atoms with Gasteiger partial charge in [-0.2, -0.15) is 13.2 Å². The Morgan fingerprint density at radius 3 is 2.21 bits per heavy atom. The van der Waals surface area contributed by atoms with Gasteiger partial charge in [0.25, 0.3) is 0 Å². The van der Waals surface area contributed by atoms with E-state index in [2.05, 4.69) is 15.9 Å². The maximum absolute atomic E-state index is 13.2. The van der Waals surface area contributed by atoms with E-state index in [0.29, 0.717) is 10.9 Å². The second-order valence-electron chi connectivity index (χ2n) is 4.56. The normalized spacial score (nSPS) is 12.0. The molecule has 0 saturated heterocycles. The van der Waals surface area contributed by atoms with E-state index in [1.807, 2.05) is 13.8 Å². The quantitative estimate of drug-likeness (QED) is 0.665. The van der Waals surface area contributed by atoms with Crippen LogP contribution in [0.3, 0.4) is 0 Å². The first-order valence-corrected chi connectivity index (χ1v) is 7.46. The molecule has 1 aromatic carbocycles. The van der Waals surface area contributed by atoms with Gasteiger partial charge in [-0.25, -0.2) is 0 Å². The Kier molecular flexibility index (Phi) is 5.71. The Labute approximate surface area is 120 Å². The highest BCUT2D eigenvalue weighted by Crippen LogP contribution is 2.38. The summed E-state index contributed by atoms with van der Waals surface area (Å²) in [5.74, 6) is 0. The van der Waals surface area contributed by atoms with Crippen LogP contribution in [0.1, 0.15) is 37.8 Å². The average molecular weight is 338 g/mol. The van der Waals surface area contributed by atoms with Crippen molar-refractivity contribution < 1.29 is 13.2 Å². The van der Waals surface area contributed by atoms with Crippen molar-refractivity contribution in [2.75, 3.05) is 11.9 Å². The molecule has 0 unspecified atom stereocenters. The van der Waals surface area contributed by atoms with Crippen LogP contribution in [0.4, 0.5) is 18.9 Å². The van der Waals surface area contributed by atoms with Crippen molar-refractivity contribution >= 4 is 21.6 Å². The van der Waals surface area contributed by atoms with E-state index >= 15 is 0 Å². The van der Waals surface area contributed by atoms with Gasteiger partial charge < -0.3 is 4.90 Å². The molecule has 0 aliphatic rings. The minimum absolute atomic E-state index is 0.121. The first-order valence-electron chi connectivity index (χ1n) is 6.34. The monoisotopic (exact) mass is 337 g/mol. The summed E-state index contributed by atoms with van der Waals surface area (Å²) in [4.78, 5) is 1.74. The van der Waals surface area contributed by atoms with Crippen LogP contribution in [0.25, 0.3) is 0 Å². The van der Waals surface area contributed by atoms with Crippen molar-refractivity contribution in [3.05, 3.63) is 29.3 Å². The molecule has 0 aromatic heterocycles. The molecule has 0 amide bonds. The molecular formula is C14H19BrF3N. The van der Waals surface area contributed by atoms with Crippen LogP contribution in [-0.2, 0) is 11.5 Å². The molecule has 1 aromatic rings. The molecule has 0 bridgehead atoms. The third-order valence-electron chi connectivity index (χ3n) is 3.39. The number of rotatable bonds is 5. The lowest BCUT2D eigenvalue weighted by Gasteiger charge is -2.31. The standard InChI is InChI=1S/C14H19BrF3N/c1-4-11(5-2)19(3)13-7-6-10(9-15)8-12(13)14(16,17)18/h6-8,11H,4-5,9H2,1-3H3. The lowest BCUT2D eigenvalue weighted by atomic mass is 10.0. The van der Waals surface area contributed by atoms with Gasteiger partial charge in [0.15, 0.2) is 0 Å². The van der Waals surface area contributed by atoms with Gasteiger partial charge in [0.1, 0.15) is 0 Å². The van der Waals surface area contributed by atoms with Crippen LogP contribution >= 0.6 is 15.9 Å². The van der Waals surface area contributed by atoms with Gasteiger partial charge in [-0.05, 0) is 30.5 Å². The molecular weight excluding hydrogens is 319 g/mol.